The summed E-state index contributed by atoms with van der Waals surface area (Å²) in [6.45, 7) is 0.681. The molecule has 2 aromatic rings. The molecule has 112 valence electrons. The fraction of sp³-hybridized carbons (Fsp3) is 0.286. The first-order valence-electron chi connectivity index (χ1n) is 6.65. The third kappa shape index (κ3) is 3.20. The number of sulfonamides is 1. The molecular formula is C14H17N3O2S2. The molecule has 7 heteroatoms. The van der Waals surface area contributed by atoms with Gasteiger partial charge in [-0.1, -0.05) is 0 Å². The molecule has 21 heavy (non-hydrogen) atoms. The Balaban J connectivity index is 2.03. The van der Waals surface area contributed by atoms with E-state index >= 15 is 0 Å². The fourth-order valence-electron chi connectivity index (χ4n) is 2.37. The van der Waals surface area contributed by atoms with Crippen LogP contribution >= 0.6 is 11.3 Å². The molecule has 0 aliphatic heterocycles. The van der Waals surface area contributed by atoms with E-state index in [0.717, 1.165) is 12.8 Å². The molecule has 1 aromatic carbocycles. The standard InChI is InChI=1S/C14H17N3O2S2/c15-11-1-4-13(14(7-11)21(16,18)19)17(12-2-3-12)8-10-5-6-20-9-10/h1,4-7,9,12H,2-3,8,15H2,(H2,16,18,19). The zero-order valence-electron chi connectivity index (χ0n) is 11.4. The number of nitrogens with zero attached hydrogens (tertiary/aromatic N) is 1. The number of rotatable bonds is 5. The first kappa shape index (κ1) is 14.4. The first-order chi connectivity index (χ1) is 9.95. The number of anilines is 2. The van der Waals surface area contributed by atoms with Crippen molar-refractivity contribution in [3.05, 3.63) is 40.6 Å². The molecule has 1 aliphatic rings. The van der Waals surface area contributed by atoms with Gasteiger partial charge < -0.3 is 10.6 Å². The van der Waals surface area contributed by atoms with Crippen LogP contribution in [0.4, 0.5) is 11.4 Å². The summed E-state index contributed by atoms with van der Waals surface area (Å²) < 4.78 is 23.7. The lowest BCUT2D eigenvalue weighted by Gasteiger charge is -2.26. The van der Waals surface area contributed by atoms with Crippen LogP contribution < -0.4 is 15.8 Å². The average Bonchev–Trinajstić information content (AvgIpc) is 3.13. The Morgan fingerprint density at radius 1 is 1.29 bits per heavy atom. The molecule has 0 unspecified atom stereocenters. The number of thiophene rings is 1. The number of primary sulfonamides is 1. The molecule has 0 atom stereocenters. The highest BCUT2D eigenvalue weighted by Gasteiger charge is 2.32. The van der Waals surface area contributed by atoms with Gasteiger partial charge in [0, 0.05) is 18.3 Å². The van der Waals surface area contributed by atoms with Gasteiger partial charge >= 0.3 is 0 Å². The van der Waals surface area contributed by atoms with E-state index in [9.17, 15) is 8.42 Å². The van der Waals surface area contributed by atoms with Crippen molar-refractivity contribution in [1.82, 2.24) is 0 Å². The van der Waals surface area contributed by atoms with Gasteiger partial charge in [-0.15, -0.1) is 0 Å². The number of nitrogens with two attached hydrogens (primary N) is 2. The van der Waals surface area contributed by atoms with Crippen LogP contribution in [0.25, 0.3) is 0 Å². The summed E-state index contributed by atoms with van der Waals surface area (Å²) in [5.41, 5.74) is 7.92. The van der Waals surface area contributed by atoms with Gasteiger partial charge in [0.05, 0.1) is 5.69 Å². The van der Waals surface area contributed by atoms with Gasteiger partial charge in [-0.25, -0.2) is 13.6 Å². The minimum absolute atomic E-state index is 0.102. The highest BCUT2D eigenvalue weighted by atomic mass is 32.2. The Kier molecular flexibility index (Phi) is 3.64. The van der Waals surface area contributed by atoms with Gasteiger partial charge in [0.25, 0.3) is 0 Å². The van der Waals surface area contributed by atoms with Gasteiger partial charge in [-0.2, -0.15) is 11.3 Å². The summed E-state index contributed by atoms with van der Waals surface area (Å²) in [5.74, 6) is 0. The quantitative estimate of drug-likeness (QED) is 0.825. The first-order valence-corrected chi connectivity index (χ1v) is 9.14. The van der Waals surface area contributed by atoms with Crippen LogP contribution in [0.3, 0.4) is 0 Å². The normalized spacial score (nSPS) is 15.1. The molecule has 1 saturated carbocycles. The second-order valence-electron chi connectivity index (χ2n) is 5.26. The van der Waals surface area contributed by atoms with E-state index in [4.69, 9.17) is 10.9 Å². The monoisotopic (exact) mass is 323 g/mol. The molecule has 5 nitrogen and oxygen atoms in total. The van der Waals surface area contributed by atoms with Crippen molar-refractivity contribution in [3.63, 3.8) is 0 Å². The lowest BCUT2D eigenvalue weighted by molar-refractivity contribution is 0.597. The molecule has 0 bridgehead atoms. The molecule has 3 rings (SSSR count). The van der Waals surface area contributed by atoms with Crippen LogP contribution in [-0.2, 0) is 16.6 Å². The third-order valence-electron chi connectivity index (χ3n) is 3.52. The summed E-state index contributed by atoms with van der Waals surface area (Å²) in [5, 5.41) is 9.44. The molecule has 1 aromatic heterocycles. The van der Waals surface area contributed by atoms with E-state index in [1.54, 1.807) is 23.5 Å². The summed E-state index contributed by atoms with van der Waals surface area (Å²) >= 11 is 1.63. The molecule has 0 amide bonds. The van der Waals surface area contributed by atoms with Gasteiger partial charge in [0.15, 0.2) is 0 Å². The van der Waals surface area contributed by atoms with Crippen LogP contribution in [0, 0.1) is 0 Å². The molecule has 1 heterocycles. The van der Waals surface area contributed by atoms with Crippen molar-refractivity contribution in [2.24, 2.45) is 5.14 Å². The van der Waals surface area contributed by atoms with Crippen molar-refractivity contribution in [2.45, 2.75) is 30.3 Å². The minimum atomic E-state index is -3.80. The average molecular weight is 323 g/mol. The lowest BCUT2D eigenvalue weighted by atomic mass is 10.2. The van der Waals surface area contributed by atoms with Gasteiger partial charge in [-0.05, 0) is 53.4 Å². The zero-order chi connectivity index (χ0) is 15.0. The number of hydrogen-bond donors (Lipinski definition) is 2. The van der Waals surface area contributed by atoms with Gasteiger partial charge in [-0.3, -0.25) is 0 Å². The predicted octanol–water partition coefficient (Wildman–Crippen LogP) is 2.15. The second-order valence-corrected chi connectivity index (χ2v) is 7.57. The van der Waals surface area contributed by atoms with Crippen molar-refractivity contribution < 1.29 is 8.42 Å². The Labute approximate surface area is 128 Å². The van der Waals surface area contributed by atoms with Gasteiger partial charge in [0.1, 0.15) is 4.90 Å². The highest BCUT2D eigenvalue weighted by Crippen LogP contribution is 2.37. The van der Waals surface area contributed by atoms with E-state index in [2.05, 4.69) is 10.3 Å². The Bertz CT molecular complexity index is 738. The third-order valence-corrected chi connectivity index (χ3v) is 5.19. The van der Waals surface area contributed by atoms with E-state index in [0.29, 0.717) is 24.0 Å². The van der Waals surface area contributed by atoms with Gasteiger partial charge in [0.2, 0.25) is 10.0 Å². The fourth-order valence-corrected chi connectivity index (χ4v) is 3.81. The second kappa shape index (κ2) is 5.32. The Morgan fingerprint density at radius 3 is 2.62 bits per heavy atom. The van der Waals surface area contributed by atoms with E-state index in [-0.39, 0.29) is 4.90 Å². The maximum atomic E-state index is 11.9. The highest BCUT2D eigenvalue weighted by molar-refractivity contribution is 7.89. The van der Waals surface area contributed by atoms with Crippen LogP contribution in [0.15, 0.2) is 39.9 Å². The van der Waals surface area contributed by atoms with Crippen molar-refractivity contribution in [1.29, 1.82) is 0 Å². The minimum Gasteiger partial charge on any atom is -0.399 e. The van der Waals surface area contributed by atoms with E-state index in [1.165, 1.54) is 11.6 Å². The van der Waals surface area contributed by atoms with Crippen molar-refractivity contribution >= 4 is 32.7 Å². The smallest absolute Gasteiger partial charge is 0.240 e. The lowest BCUT2D eigenvalue weighted by Crippen LogP contribution is -2.28. The number of nitrogen functional groups attached to an aromatic ring is 1. The van der Waals surface area contributed by atoms with Crippen molar-refractivity contribution in [2.75, 3.05) is 10.6 Å². The number of benzene rings is 1. The van der Waals surface area contributed by atoms with E-state index in [1.807, 2.05) is 11.4 Å². The summed E-state index contributed by atoms with van der Waals surface area (Å²) in [4.78, 5) is 2.21. The largest absolute Gasteiger partial charge is 0.399 e. The van der Waals surface area contributed by atoms with Crippen LogP contribution in [0.1, 0.15) is 18.4 Å². The maximum Gasteiger partial charge on any atom is 0.240 e. The van der Waals surface area contributed by atoms with Crippen molar-refractivity contribution in [3.8, 4) is 0 Å². The molecule has 0 radical (unpaired) electrons. The summed E-state index contributed by atoms with van der Waals surface area (Å²) in [7, 11) is -3.80. The molecule has 4 N–H and O–H groups in total. The zero-order valence-corrected chi connectivity index (χ0v) is 13.0. The van der Waals surface area contributed by atoms with Crippen LogP contribution in [-0.4, -0.2) is 14.5 Å². The Morgan fingerprint density at radius 2 is 2.05 bits per heavy atom. The molecular weight excluding hydrogens is 306 g/mol. The summed E-state index contributed by atoms with van der Waals surface area (Å²) in [6, 6.07) is 7.32. The molecule has 0 spiro atoms. The molecule has 1 aliphatic carbocycles. The summed E-state index contributed by atoms with van der Waals surface area (Å²) in [6.07, 6.45) is 2.14. The van der Waals surface area contributed by atoms with Crippen LogP contribution in [0.2, 0.25) is 0 Å². The maximum absolute atomic E-state index is 11.9. The van der Waals surface area contributed by atoms with Crippen LogP contribution in [0.5, 0.6) is 0 Å². The topological polar surface area (TPSA) is 89.4 Å². The van der Waals surface area contributed by atoms with E-state index < -0.39 is 10.0 Å². The Hall–Kier alpha value is -1.57. The number of hydrogen-bond acceptors (Lipinski definition) is 5. The predicted molar refractivity (Wildman–Crippen MR) is 85.8 cm³/mol. The molecule has 1 fully saturated rings. The SMILES string of the molecule is Nc1ccc(N(Cc2ccsc2)C2CC2)c(S(N)(=O)=O)c1. The molecule has 0 saturated heterocycles.